The van der Waals surface area contributed by atoms with E-state index in [2.05, 4.69) is 82.8 Å². The van der Waals surface area contributed by atoms with E-state index in [1.54, 1.807) is 58.2 Å². The highest BCUT2D eigenvalue weighted by atomic mass is 32.1. The molecule has 0 spiro atoms. The first kappa shape index (κ1) is 69.7. The summed E-state index contributed by atoms with van der Waals surface area (Å²) in [5, 5.41) is 40.7. The molecule has 0 fully saturated rings. The third-order valence-corrected chi connectivity index (χ3v) is 13.6. The summed E-state index contributed by atoms with van der Waals surface area (Å²) in [6.07, 6.45) is 1.76. The molecule has 0 aliphatic carbocycles. The number of fused-ring (bicyclic) bond motifs is 1. The molecule has 0 saturated heterocycles. The lowest BCUT2D eigenvalue weighted by Crippen LogP contribution is -2.62. The molecule has 23 N–H and O–H groups in total. The number of aromatic amines is 1. The minimum atomic E-state index is -1.88. The van der Waals surface area contributed by atoms with Crippen LogP contribution in [-0.2, 0) is 54.4 Å². The molecule has 452 valence electrons. The predicted molar refractivity (Wildman–Crippen MR) is 310 cm³/mol. The second kappa shape index (κ2) is 36.1. The molecule has 10 atom stereocenters. The lowest BCUT2D eigenvalue weighted by molar-refractivity contribution is -0.142. The molecule has 2 rings (SSSR count). The number of aromatic nitrogens is 1. The smallest absolute Gasteiger partial charge is 0.327 e. The number of nitrogens with one attached hydrogen (secondary N) is 9. The second-order valence-corrected chi connectivity index (χ2v) is 20.4. The summed E-state index contributed by atoms with van der Waals surface area (Å²) in [6.45, 7) is 6.92. The number of rotatable bonds is 38. The molecule has 1 aromatic carbocycles. The van der Waals surface area contributed by atoms with Crippen molar-refractivity contribution in [1.29, 1.82) is 0 Å². The summed E-state index contributed by atoms with van der Waals surface area (Å²) in [6, 6.07) is -5.61. The van der Waals surface area contributed by atoms with Gasteiger partial charge in [0.15, 0.2) is 11.9 Å². The number of hydrogen-bond donors (Lipinski definition) is 19. The van der Waals surface area contributed by atoms with Gasteiger partial charge in [-0.25, -0.2) is 4.79 Å². The zero-order valence-electron chi connectivity index (χ0n) is 46.1. The molecule has 1 heterocycles. The van der Waals surface area contributed by atoms with Crippen molar-refractivity contribution in [1.82, 2.24) is 47.5 Å². The number of amides is 8. The maximum Gasteiger partial charge on any atom is 0.327 e. The number of aliphatic imine (C=N–C) groups is 2. The number of H-pyrrole nitrogens is 1. The summed E-state index contributed by atoms with van der Waals surface area (Å²) in [5.41, 5.74) is 34.6. The zero-order valence-corrected chi connectivity index (χ0v) is 47.9. The molecule has 0 radical (unpaired) electrons. The number of thiol groups is 2. The van der Waals surface area contributed by atoms with Crippen LogP contribution in [0.25, 0.3) is 10.9 Å². The third kappa shape index (κ3) is 24.5. The number of carbonyl (C=O) groups excluding carboxylic acids is 8. The van der Waals surface area contributed by atoms with E-state index in [0.29, 0.717) is 29.3 Å². The lowest BCUT2D eigenvalue weighted by atomic mass is 9.96. The van der Waals surface area contributed by atoms with Crippen LogP contribution in [0.15, 0.2) is 40.4 Å². The summed E-state index contributed by atoms with van der Waals surface area (Å²) in [7, 11) is 0. The van der Waals surface area contributed by atoms with Gasteiger partial charge in [0.1, 0.15) is 48.3 Å². The van der Waals surface area contributed by atoms with Crippen molar-refractivity contribution in [3.05, 3.63) is 36.0 Å². The van der Waals surface area contributed by atoms with Gasteiger partial charge in [-0.1, -0.05) is 52.3 Å². The monoisotopic (exact) mass is 1180 g/mol. The lowest BCUT2D eigenvalue weighted by Gasteiger charge is -2.30. The van der Waals surface area contributed by atoms with Gasteiger partial charge in [0.05, 0.1) is 12.5 Å². The van der Waals surface area contributed by atoms with Crippen molar-refractivity contribution >= 4 is 107 Å². The third-order valence-electron chi connectivity index (χ3n) is 12.9. The number of para-hydroxylation sites is 1. The first-order valence-corrected chi connectivity index (χ1v) is 27.8. The Hall–Kier alpha value is -7.38. The molecule has 81 heavy (non-hydrogen) atoms. The number of guanidine groups is 2. The highest BCUT2D eigenvalue weighted by Crippen LogP contribution is 2.20. The van der Waals surface area contributed by atoms with Gasteiger partial charge in [-0.15, -0.1) is 0 Å². The summed E-state index contributed by atoms with van der Waals surface area (Å²) in [5.74, 6) is -12.1. The van der Waals surface area contributed by atoms with Gasteiger partial charge in [-0.05, 0) is 75.0 Å². The van der Waals surface area contributed by atoms with Gasteiger partial charge in [-0.3, -0.25) is 53.1 Å². The van der Waals surface area contributed by atoms with E-state index in [1.807, 2.05) is 0 Å². The Balaban J connectivity index is 2.56. The molecule has 29 nitrogen and oxygen atoms in total. The van der Waals surface area contributed by atoms with Gasteiger partial charge in [0.25, 0.3) is 0 Å². The zero-order chi connectivity index (χ0) is 60.9. The number of benzene rings is 1. The van der Waals surface area contributed by atoms with Crippen LogP contribution in [0, 0.1) is 11.8 Å². The van der Waals surface area contributed by atoms with Crippen LogP contribution in [0.3, 0.4) is 0 Å². The van der Waals surface area contributed by atoms with Crippen LogP contribution >= 0.6 is 25.3 Å². The van der Waals surface area contributed by atoms with Gasteiger partial charge in [0.2, 0.25) is 47.3 Å². The van der Waals surface area contributed by atoms with Crippen molar-refractivity contribution in [3.63, 3.8) is 0 Å². The standard InChI is InChI=1S/C50H83N17O12S2/c1-5-26(4)39(47(77)62-33(16-11-19-58-50(55)56)42(72)65-36(24-81)48(78)79)67-45(75)35(21-37(68)69)63-44(74)34(20-27-22-59-30-13-7-6-12-28(27)30)64-46(76)38(25(2)3)66-43(73)31(14-8-9-17-51)61-41(71)32(15-10-18-57-49(53)54)60-40(70)29(52)23-80/h6-7,12-13,22,25-26,29,31-36,38-39,59,80-81H,5,8-11,14-21,23-24,51-52H2,1-4H3,(H,60,70)(H,61,71)(H,62,77)(H,63,74)(H,64,76)(H,65,72)(H,66,73)(H,67,75)(H,68,69)(H,78,79)(H4,53,54,57)(H4,55,56,58)/t26-,29-,31-,32-,33-,34-,35-,36-,38-,39-/m0/s1. The molecule has 0 aliphatic heterocycles. The Bertz CT molecular complexity index is 2510. The maximum atomic E-state index is 14.6. The number of aliphatic carboxylic acids is 2. The number of carboxylic acid groups (broad SMARTS) is 2. The van der Waals surface area contributed by atoms with E-state index >= 15 is 0 Å². The molecule has 31 heteroatoms. The van der Waals surface area contributed by atoms with Crippen LogP contribution in [0.2, 0.25) is 0 Å². The van der Waals surface area contributed by atoms with E-state index in [4.69, 9.17) is 34.4 Å². The molecule has 0 unspecified atom stereocenters. The topological polar surface area (TPSA) is 504 Å². The Morgan fingerprint density at radius 2 is 1.04 bits per heavy atom. The van der Waals surface area contributed by atoms with Crippen molar-refractivity contribution in [2.24, 2.45) is 56.2 Å². The SMILES string of the molecule is CC[C@H](C)[C@H](NC(=O)[C@H](CC(=O)O)NC(=O)[C@H](Cc1c[nH]c2ccccc12)NC(=O)[C@@H](NC(=O)[C@H](CCCCN)NC(=O)[C@H](CCCN=C(N)N)NC(=O)[C@@H](N)CS)C(C)C)C(=O)N[C@@H](CCCN=C(N)N)C(=O)N[C@@H](CS)C(=O)O. The summed E-state index contributed by atoms with van der Waals surface area (Å²) < 4.78 is 0. The Kier molecular flexibility index (Phi) is 31.1. The van der Waals surface area contributed by atoms with Gasteiger partial charge >= 0.3 is 11.9 Å². The first-order chi connectivity index (χ1) is 38.3. The van der Waals surface area contributed by atoms with Crippen molar-refractivity contribution < 1.29 is 58.2 Å². The number of carbonyl (C=O) groups is 10. The Labute approximate surface area is 480 Å². The van der Waals surface area contributed by atoms with Crippen molar-refractivity contribution in [3.8, 4) is 0 Å². The van der Waals surface area contributed by atoms with Crippen LogP contribution in [0.5, 0.6) is 0 Å². The fourth-order valence-electron chi connectivity index (χ4n) is 8.05. The quantitative estimate of drug-likeness (QED) is 0.0133. The van der Waals surface area contributed by atoms with Crippen LogP contribution < -0.4 is 76.9 Å². The minimum Gasteiger partial charge on any atom is -0.481 e. The fraction of sp³-hybridized carbons (Fsp3) is 0.600. The number of carboxylic acids is 2. The Morgan fingerprint density at radius 3 is 1.54 bits per heavy atom. The van der Waals surface area contributed by atoms with E-state index in [1.165, 1.54) is 0 Å². The largest absolute Gasteiger partial charge is 0.481 e. The number of nitrogens with two attached hydrogens (primary N) is 6. The number of hydrogen-bond acceptors (Lipinski definition) is 16. The molecule has 0 saturated carbocycles. The molecular weight excluding hydrogens is 1090 g/mol. The Morgan fingerprint density at radius 1 is 0.580 bits per heavy atom. The molecule has 1 aromatic heterocycles. The average molecular weight is 1180 g/mol. The van der Waals surface area contributed by atoms with Crippen LogP contribution in [-0.4, -0.2) is 172 Å². The van der Waals surface area contributed by atoms with Gasteiger partial charge in [-0.2, -0.15) is 25.3 Å². The van der Waals surface area contributed by atoms with Gasteiger partial charge in [0, 0.05) is 48.1 Å². The van der Waals surface area contributed by atoms with Crippen molar-refractivity contribution in [2.45, 2.75) is 146 Å². The summed E-state index contributed by atoms with van der Waals surface area (Å²) in [4.78, 5) is 147. The van der Waals surface area contributed by atoms with Crippen LogP contribution in [0.4, 0.5) is 0 Å². The summed E-state index contributed by atoms with van der Waals surface area (Å²) >= 11 is 8.05. The van der Waals surface area contributed by atoms with Crippen LogP contribution in [0.1, 0.15) is 91.0 Å². The minimum absolute atomic E-state index is 0.0315. The second-order valence-electron chi connectivity index (χ2n) is 19.6. The molecular formula is C50H83N17O12S2. The molecule has 0 bridgehead atoms. The first-order valence-electron chi connectivity index (χ1n) is 26.5. The fourth-order valence-corrected chi connectivity index (χ4v) is 8.46. The van der Waals surface area contributed by atoms with E-state index in [9.17, 15) is 58.2 Å². The van der Waals surface area contributed by atoms with Crippen molar-refractivity contribution in [2.75, 3.05) is 31.1 Å². The van der Waals surface area contributed by atoms with E-state index < -0.39 is 132 Å². The van der Waals surface area contributed by atoms with Gasteiger partial charge < -0.3 is 92.1 Å². The highest BCUT2D eigenvalue weighted by Gasteiger charge is 2.37. The average Bonchev–Trinajstić information content (AvgIpc) is 3.82. The van der Waals surface area contributed by atoms with E-state index in [-0.39, 0.29) is 88.0 Å². The molecule has 8 amide bonds. The molecule has 0 aliphatic rings. The number of nitrogens with zero attached hydrogens (tertiary/aromatic N) is 2. The van der Waals surface area contributed by atoms with E-state index in [0.717, 1.165) is 0 Å². The number of unbranched alkanes of at least 4 members (excludes halogenated alkanes) is 1. The molecule has 2 aromatic rings. The maximum absolute atomic E-state index is 14.6. The highest BCUT2D eigenvalue weighted by molar-refractivity contribution is 7.80. The predicted octanol–water partition coefficient (Wildman–Crippen LogP) is -3.73. The normalized spacial score (nSPS) is 14.8.